The third-order valence-corrected chi connectivity index (χ3v) is 4.03. The van der Waals surface area contributed by atoms with Crippen molar-refractivity contribution in [3.05, 3.63) is 11.8 Å². The molecule has 0 radical (unpaired) electrons. The minimum Gasteiger partial charge on any atom is -0.478 e. The molecule has 0 aromatic carbocycles. The molecule has 0 aliphatic heterocycles. The number of hydrogen-bond donors (Lipinski definition) is 2. The molecular weight excluding hydrogens is 254 g/mol. The van der Waals surface area contributed by atoms with Crippen molar-refractivity contribution in [2.75, 3.05) is 18.5 Å². The number of aliphatic hydroxyl groups excluding tert-OH is 1. The summed E-state index contributed by atoms with van der Waals surface area (Å²) in [6.07, 6.45) is 4.15. The minimum absolute atomic E-state index is 0.112. The van der Waals surface area contributed by atoms with Gasteiger partial charge >= 0.3 is 0 Å². The van der Waals surface area contributed by atoms with Gasteiger partial charge in [0.05, 0.1) is 18.8 Å². The maximum atomic E-state index is 9.78. The molecule has 1 heterocycles. The molecule has 0 unspecified atom stereocenters. The van der Waals surface area contributed by atoms with Crippen molar-refractivity contribution < 1.29 is 9.84 Å². The first kappa shape index (κ1) is 15.0. The summed E-state index contributed by atoms with van der Waals surface area (Å²) in [5.74, 6) is 1.87. The van der Waals surface area contributed by atoms with E-state index >= 15 is 0 Å². The van der Waals surface area contributed by atoms with Gasteiger partial charge in [0, 0.05) is 11.8 Å². The summed E-state index contributed by atoms with van der Waals surface area (Å²) in [6.45, 7) is 6.81. The van der Waals surface area contributed by atoms with Gasteiger partial charge in [-0.2, -0.15) is 4.98 Å². The minimum atomic E-state index is -0.288. The van der Waals surface area contributed by atoms with Crippen LogP contribution in [0.5, 0.6) is 5.88 Å². The maximum absolute atomic E-state index is 9.78. The molecular formula is C15H25N3O2. The van der Waals surface area contributed by atoms with Crippen LogP contribution in [-0.4, -0.2) is 33.8 Å². The molecule has 1 aliphatic rings. The van der Waals surface area contributed by atoms with Crippen molar-refractivity contribution in [2.24, 2.45) is 5.92 Å². The molecule has 1 saturated carbocycles. The molecule has 5 heteroatoms. The second-order valence-electron chi connectivity index (χ2n) is 5.85. The van der Waals surface area contributed by atoms with Crippen molar-refractivity contribution in [2.45, 2.75) is 52.0 Å². The first-order valence-corrected chi connectivity index (χ1v) is 7.44. The number of aliphatic hydroxyl groups is 1. The highest BCUT2D eigenvalue weighted by atomic mass is 16.5. The number of ether oxygens (including phenoxy) is 1. The van der Waals surface area contributed by atoms with Crippen molar-refractivity contribution in [3.8, 4) is 5.88 Å². The molecule has 1 aromatic heterocycles. The second kappa shape index (κ2) is 6.39. The van der Waals surface area contributed by atoms with Gasteiger partial charge in [-0.3, -0.25) is 0 Å². The van der Waals surface area contributed by atoms with E-state index in [9.17, 15) is 5.11 Å². The summed E-state index contributed by atoms with van der Waals surface area (Å²) in [5, 5.41) is 13.1. The number of anilines is 1. The third kappa shape index (κ3) is 3.60. The molecule has 20 heavy (non-hydrogen) atoms. The van der Waals surface area contributed by atoms with Gasteiger partial charge in [-0.25, -0.2) is 4.98 Å². The van der Waals surface area contributed by atoms with Crippen LogP contribution in [0.1, 0.15) is 45.2 Å². The Morgan fingerprint density at radius 3 is 2.70 bits per heavy atom. The van der Waals surface area contributed by atoms with E-state index in [4.69, 9.17) is 4.74 Å². The van der Waals surface area contributed by atoms with E-state index in [1.54, 1.807) is 0 Å². The fourth-order valence-corrected chi connectivity index (χ4v) is 2.69. The zero-order valence-electron chi connectivity index (χ0n) is 12.6. The summed E-state index contributed by atoms with van der Waals surface area (Å²) in [4.78, 5) is 8.78. The molecule has 1 aromatic rings. The second-order valence-corrected chi connectivity index (χ2v) is 5.85. The van der Waals surface area contributed by atoms with Gasteiger partial charge in [-0.05, 0) is 45.4 Å². The van der Waals surface area contributed by atoms with Gasteiger partial charge in [0.25, 0.3) is 0 Å². The quantitative estimate of drug-likeness (QED) is 0.867. The molecule has 2 N–H and O–H groups in total. The molecule has 5 nitrogen and oxygen atoms in total. The molecule has 112 valence electrons. The van der Waals surface area contributed by atoms with Crippen LogP contribution < -0.4 is 10.1 Å². The average molecular weight is 279 g/mol. The monoisotopic (exact) mass is 279 g/mol. The van der Waals surface area contributed by atoms with Crippen LogP contribution in [0.25, 0.3) is 0 Å². The zero-order chi connectivity index (χ0) is 14.6. The molecule has 2 rings (SSSR count). The lowest BCUT2D eigenvalue weighted by Gasteiger charge is -2.38. The molecule has 0 spiro atoms. The highest BCUT2D eigenvalue weighted by Crippen LogP contribution is 2.34. The van der Waals surface area contributed by atoms with E-state index < -0.39 is 0 Å². The SMILES string of the molecule is CCOc1cc(C)nc(NC2(CO)CCC(C)CC2)n1. The average Bonchev–Trinajstić information content (AvgIpc) is 2.41. The Morgan fingerprint density at radius 1 is 1.40 bits per heavy atom. The Morgan fingerprint density at radius 2 is 2.10 bits per heavy atom. The molecule has 0 saturated heterocycles. The molecule has 0 amide bonds. The zero-order valence-corrected chi connectivity index (χ0v) is 12.6. The summed E-state index contributed by atoms with van der Waals surface area (Å²) >= 11 is 0. The number of aromatic nitrogens is 2. The Balaban J connectivity index is 2.14. The van der Waals surface area contributed by atoms with Crippen LogP contribution in [0.2, 0.25) is 0 Å². The Bertz CT molecular complexity index is 443. The highest BCUT2D eigenvalue weighted by Gasteiger charge is 2.34. The first-order chi connectivity index (χ1) is 9.57. The van der Waals surface area contributed by atoms with Crippen molar-refractivity contribution in [1.82, 2.24) is 9.97 Å². The lowest BCUT2D eigenvalue weighted by atomic mass is 9.77. The predicted octanol–water partition coefficient (Wildman–Crippen LogP) is 2.54. The Kier molecular flexibility index (Phi) is 4.81. The summed E-state index contributed by atoms with van der Waals surface area (Å²) in [5.41, 5.74) is 0.576. The molecule has 0 atom stereocenters. The van der Waals surface area contributed by atoms with E-state index in [2.05, 4.69) is 22.2 Å². The van der Waals surface area contributed by atoms with E-state index in [1.165, 1.54) is 0 Å². The summed E-state index contributed by atoms with van der Waals surface area (Å²) in [6, 6.07) is 1.82. The number of rotatable bonds is 5. The standard InChI is InChI=1S/C15H25N3O2/c1-4-20-13-9-12(3)16-14(17-13)18-15(10-19)7-5-11(2)6-8-15/h9,11,19H,4-8,10H2,1-3H3,(H,16,17,18). The predicted molar refractivity (Wildman–Crippen MR) is 79.0 cm³/mol. The Hall–Kier alpha value is -1.36. The van der Waals surface area contributed by atoms with Gasteiger partial charge in [-0.1, -0.05) is 6.92 Å². The van der Waals surface area contributed by atoms with Gasteiger partial charge in [-0.15, -0.1) is 0 Å². The van der Waals surface area contributed by atoms with Gasteiger partial charge < -0.3 is 15.2 Å². The van der Waals surface area contributed by atoms with Crippen molar-refractivity contribution in [3.63, 3.8) is 0 Å². The van der Waals surface area contributed by atoms with Crippen molar-refractivity contribution >= 4 is 5.95 Å². The Labute approximate surface area is 120 Å². The van der Waals surface area contributed by atoms with Crippen molar-refractivity contribution in [1.29, 1.82) is 0 Å². The highest BCUT2D eigenvalue weighted by molar-refractivity contribution is 5.34. The van der Waals surface area contributed by atoms with E-state index in [-0.39, 0.29) is 12.1 Å². The lowest BCUT2D eigenvalue weighted by molar-refractivity contribution is 0.154. The molecule has 1 aliphatic carbocycles. The number of nitrogens with one attached hydrogen (secondary N) is 1. The van der Waals surface area contributed by atoms with E-state index in [0.29, 0.717) is 18.4 Å². The summed E-state index contributed by atoms with van der Waals surface area (Å²) < 4.78 is 5.45. The van der Waals surface area contributed by atoms with Crippen LogP contribution in [0.15, 0.2) is 6.07 Å². The largest absolute Gasteiger partial charge is 0.478 e. The fraction of sp³-hybridized carbons (Fsp3) is 0.733. The number of aryl methyl sites for hydroxylation is 1. The van der Waals surface area contributed by atoms with Gasteiger partial charge in [0.2, 0.25) is 11.8 Å². The lowest BCUT2D eigenvalue weighted by Crippen LogP contribution is -2.45. The first-order valence-electron chi connectivity index (χ1n) is 7.44. The number of nitrogens with zero attached hydrogens (tertiary/aromatic N) is 2. The van der Waals surface area contributed by atoms with Crippen LogP contribution in [0.4, 0.5) is 5.95 Å². The van der Waals surface area contributed by atoms with Crippen LogP contribution in [-0.2, 0) is 0 Å². The van der Waals surface area contributed by atoms with E-state index in [0.717, 1.165) is 37.3 Å². The van der Waals surface area contributed by atoms with E-state index in [1.807, 2.05) is 19.9 Å². The van der Waals surface area contributed by atoms with Crippen LogP contribution >= 0.6 is 0 Å². The fourth-order valence-electron chi connectivity index (χ4n) is 2.69. The maximum Gasteiger partial charge on any atom is 0.226 e. The normalized spacial score (nSPS) is 26.3. The summed E-state index contributed by atoms with van der Waals surface area (Å²) in [7, 11) is 0. The van der Waals surface area contributed by atoms with Gasteiger partial charge in [0.15, 0.2) is 0 Å². The molecule has 1 fully saturated rings. The number of hydrogen-bond acceptors (Lipinski definition) is 5. The van der Waals surface area contributed by atoms with Gasteiger partial charge in [0.1, 0.15) is 0 Å². The molecule has 0 bridgehead atoms. The van der Waals surface area contributed by atoms with Crippen LogP contribution in [0.3, 0.4) is 0 Å². The smallest absolute Gasteiger partial charge is 0.226 e. The third-order valence-electron chi connectivity index (χ3n) is 4.03. The van der Waals surface area contributed by atoms with Crippen LogP contribution in [0, 0.1) is 12.8 Å². The topological polar surface area (TPSA) is 67.3 Å².